The Labute approximate surface area is 281 Å². The van der Waals surface area contributed by atoms with E-state index in [2.05, 4.69) is 15.5 Å². The van der Waals surface area contributed by atoms with Crippen LogP contribution in [0.25, 0.3) is 0 Å². The first-order valence-corrected chi connectivity index (χ1v) is 16.7. The topological polar surface area (TPSA) is 128 Å². The van der Waals surface area contributed by atoms with Gasteiger partial charge in [0, 0.05) is 57.4 Å². The second-order valence-electron chi connectivity index (χ2n) is 12.6. The van der Waals surface area contributed by atoms with Crippen LogP contribution in [0.2, 0.25) is 0 Å². The minimum absolute atomic E-state index is 0.00748. The number of urea groups is 1. The SMILES string of the molecule is COC(=O)[C@H](Cc1ccccc1)NC(=O)NCc1ccc([C@H]2O[C@@H](CN3CCC4(CC3)OCCO4)C[C@@H](c3ccc(CO)cc3)O2)cc1. The lowest BCUT2D eigenvalue weighted by Gasteiger charge is -2.41. The Hall–Kier alpha value is -3.84. The molecular weight excluding hydrogens is 614 g/mol. The summed E-state index contributed by atoms with van der Waals surface area (Å²) in [5.41, 5.74) is 4.57. The minimum atomic E-state index is -0.809. The van der Waals surface area contributed by atoms with Gasteiger partial charge in [-0.2, -0.15) is 0 Å². The zero-order valence-corrected chi connectivity index (χ0v) is 27.3. The van der Waals surface area contributed by atoms with E-state index in [-0.39, 0.29) is 25.4 Å². The van der Waals surface area contributed by atoms with Crippen LogP contribution in [0.3, 0.4) is 0 Å². The van der Waals surface area contributed by atoms with Crippen molar-refractivity contribution >= 4 is 12.0 Å². The lowest BCUT2D eigenvalue weighted by molar-refractivity contribution is -0.255. The molecule has 11 nitrogen and oxygen atoms in total. The minimum Gasteiger partial charge on any atom is -0.467 e. The van der Waals surface area contributed by atoms with Gasteiger partial charge in [-0.25, -0.2) is 9.59 Å². The number of piperidine rings is 1. The second kappa shape index (κ2) is 16.0. The maximum Gasteiger partial charge on any atom is 0.328 e. The number of methoxy groups -OCH3 is 1. The quantitative estimate of drug-likeness (QED) is 0.260. The van der Waals surface area contributed by atoms with Crippen LogP contribution in [-0.2, 0) is 48.1 Å². The predicted molar refractivity (Wildman–Crippen MR) is 176 cm³/mol. The Kier molecular flexibility index (Phi) is 11.4. The number of aliphatic hydroxyl groups excluding tert-OH is 1. The summed E-state index contributed by atoms with van der Waals surface area (Å²) < 4.78 is 29.8. The van der Waals surface area contributed by atoms with Crippen molar-refractivity contribution in [3.05, 3.63) is 107 Å². The molecule has 0 saturated carbocycles. The van der Waals surface area contributed by atoms with Crippen molar-refractivity contribution in [2.75, 3.05) is 40.0 Å². The molecule has 1 spiro atoms. The third kappa shape index (κ3) is 8.79. The molecule has 0 aliphatic carbocycles. The van der Waals surface area contributed by atoms with Crippen molar-refractivity contribution in [1.29, 1.82) is 0 Å². The number of ether oxygens (including phenoxy) is 5. The molecule has 0 bridgehead atoms. The smallest absolute Gasteiger partial charge is 0.328 e. The standard InChI is InChI=1S/C37H45N3O8/c1-44-34(42)32(21-26-5-3-2-4-6-26)39-36(43)38-23-27-7-13-30(14-8-27)35-47-31(22-33(48-35)29-11-9-28(25-41)10-12-29)24-40-17-15-37(16-18-40)45-19-20-46-37/h2-14,31-33,35,41H,15-25H2,1H3,(H2,38,39,43)/t31-,32+,33+,35+/m1/s1. The molecule has 3 aliphatic heterocycles. The van der Waals surface area contributed by atoms with Crippen LogP contribution in [0.4, 0.5) is 4.79 Å². The number of amides is 2. The fraction of sp³-hybridized carbons (Fsp3) is 0.459. The van der Waals surface area contributed by atoms with Gasteiger partial charge in [0.25, 0.3) is 0 Å². The first-order chi connectivity index (χ1) is 23.4. The molecule has 3 heterocycles. The molecule has 0 unspecified atom stereocenters. The van der Waals surface area contributed by atoms with E-state index in [1.807, 2.05) is 78.9 Å². The van der Waals surface area contributed by atoms with Gasteiger partial charge in [-0.05, 0) is 22.3 Å². The largest absolute Gasteiger partial charge is 0.467 e. The number of nitrogens with one attached hydrogen (secondary N) is 2. The molecule has 3 saturated heterocycles. The predicted octanol–water partition coefficient (Wildman–Crippen LogP) is 4.15. The summed E-state index contributed by atoms with van der Waals surface area (Å²) in [5, 5.41) is 15.1. The van der Waals surface area contributed by atoms with Crippen LogP contribution in [-0.4, -0.2) is 79.9 Å². The Morgan fingerprint density at radius 3 is 2.23 bits per heavy atom. The number of carbonyl (C=O) groups is 2. The fourth-order valence-corrected chi connectivity index (χ4v) is 6.55. The van der Waals surface area contributed by atoms with Gasteiger partial charge < -0.3 is 44.3 Å². The van der Waals surface area contributed by atoms with Crippen LogP contribution in [0, 0.1) is 0 Å². The maximum atomic E-state index is 12.7. The fourth-order valence-electron chi connectivity index (χ4n) is 6.55. The first kappa shape index (κ1) is 34.0. The number of likely N-dealkylation sites (tertiary alicyclic amines) is 1. The molecule has 48 heavy (non-hydrogen) atoms. The maximum absolute atomic E-state index is 12.7. The zero-order valence-electron chi connectivity index (χ0n) is 27.3. The van der Waals surface area contributed by atoms with Crippen molar-refractivity contribution in [2.24, 2.45) is 0 Å². The number of benzene rings is 3. The van der Waals surface area contributed by atoms with Crippen LogP contribution in [0.5, 0.6) is 0 Å². The van der Waals surface area contributed by atoms with E-state index in [1.54, 1.807) is 0 Å². The lowest BCUT2D eigenvalue weighted by atomic mass is 9.98. The highest BCUT2D eigenvalue weighted by Crippen LogP contribution is 2.39. The average Bonchev–Trinajstić information content (AvgIpc) is 3.59. The van der Waals surface area contributed by atoms with Crippen LogP contribution in [0.1, 0.15) is 59.5 Å². The highest BCUT2D eigenvalue weighted by molar-refractivity contribution is 5.83. The first-order valence-electron chi connectivity index (χ1n) is 16.7. The van der Waals surface area contributed by atoms with Crippen molar-refractivity contribution < 1.29 is 38.4 Å². The Morgan fingerprint density at radius 2 is 1.56 bits per heavy atom. The van der Waals surface area contributed by atoms with E-state index in [9.17, 15) is 14.7 Å². The molecular formula is C37H45N3O8. The van der Waals surface area contributed by atoms with Crippen molar-refractivity contribution in [3.8, 4) is 0 Å². The summed E-state index contributed by atoms with van der Waals surface area (Å²) in [5.74, 6) is -0.928. The van der Waals surface area contributed by atoms with Gasteiger partial charge in [-0.1, -0.05) is 78.9 Å². The van der Waals surface area contributed by atoms with Crippen molar-refractivity contribution in [2.45, 2.75) is 69.2 Å². The normalized spacial score (nSPS) is 23.0. The number of hydrogen-bond acceptors (Lipinski definition) is 9. The van der Waals surface area contributed by atoms with Gasteiger partial charge in [-0.3, -0.25) is 0 Å². The van der Waals surface area contributed by atoms with Gasteiger partial charge >= 0.3 is 12.0 Å². The summed E-state index contributed by atoms with van der Waals surface area (Å²) in [6.45, 7) is 4.11. The second-order valence-corrected chi connectivity index (χ2v) is 12.6. The van der Waals surface area contributed by atoms with E-state index >= 15 is 0 Å². The van der Waals surface area contributed by atoms with Crippen LogP contribution in [0.15, 0.2) is 78.9 Å². The number of rotatable bonds is 11. The molecule has 11 heteroatoms. The number of aliphatic hydroxyl groups is 1. The van der Waals surface area contributed by atoms with Gasteiger partial charge in [-0.15, -0.1) is 0 Å². The highest BCUT2D eigenvalue weighted by Gasteiger charge is 2.41. The number of hydrogen-bond donors (Lipinski definition) is 3. The summed E-state index contributed by atoms with van der Waals surface area (Å²) in [4.78, 5) is 27.5. The molecule has 3 aliphatic rings. The number of nitrogens with zero attached hydrogens (tertiary/aromatic N) is 1. The summed E-state index contributed by atoms with van der Waals surface area (Å²) in [7, 11) is 1.31. The highest BCUT2D eigenvalue weighted by atomic mass is 16.7. The van der Waals surface area contributed by atoms with E-state index in [4.69, 9.17) is 23.7 Å². The third-order valence-electron chi connectivity index (χ3n) is 9.29. The molecule has 3 aromatic carbocycles. The Bertz CT molecular complexity index is 1470. The molecule has 3 fully saturated rings. The number of esters is 1. The van der Waals surface area contributed by atoms with Gasteiger partial charge in [0.1, 0.15) is 6.04 Å². The summed E-state index contributed by atoms with van der Waals surface area (Å²) in [6.07, 6.45) is 1.90. The summed E-state index contributed by atoms with van der Waals surface area (Å²) >= 11 is 0. The summed E-state index contributed by atoms with van der Waals surface area (Å²) in [6, 6.07) is 23.9. The van der Waals surface area contributed by atoms with E-state index in [0.717, 1.165) is 60.3 Å². The van der Waals surface area contributed by atoms with Crippen LogP contribution >= 0.6 is 0 Å². The molecule has 6 rings (SSSR count). The van der Waals surface area contributed by atoms with E-state index in [0.29, 0.717) is 26.1 Å². The molecule has 256 valence electrons. The van der Waals surface area contributed by atoms with E-state index < -0.39 is 30.1 Å². The monoisotopic (exact) mass is 659 g/mol. The van der Waals surface area contributed by atoms with Crippen LogP contribution < -0.4 is 10.6 Å². The van der Waals surface area contributed by atoms with Gasteiger partial charge in [0.2, 0.25) is 0 Å². The third-order valence-corrected chi connectivity index (χ3v) is 9.29. The average molecular weight is 660 g/mol. The Morgan fingerprint density at radius 1 is 0.896 bits per heavy atom. The lowest BCUT2D eigenvalue weighted by Crippen LogP contribution is -2.48. The molecule has 0 radical (unpaired) electrons. The Balaban J connectivity index is 1.07. The molecule has 3 N–H and O–H groups in total. The van der Waals surface area contributed by atoms with E-state index in [1.165, 1.54) is 7.11 Å². The van der Waals surface area contributed by atoms with Crippen molar-refractivity contribution in [1.82, 2.24) is 15.5 Å². The van der Waals surface area contributed by atoms with Crippen molar-refractivity contribution in [3.63, 3.8) is 0 Å². The molecule has 2 amide bonds. The molecule has 4 atom stereocenters. The molecule has 3 aromatic rings. The van der Waals surface area contributed by atoms with Gasteiger partial charge in [0.15, 0.2) is 12.1 Å². The molecule has 0 aromatic heterocycles. The number of carbonyl (C=O) groups excluding carboxylic acids is 2. The zero-order chi connectivity index (χ0) is 33.3. The van der Waals surface area contributed by atoms with Gasteiger partial charge in [0.05, 0.1) is 39.1 Å².